The van der Waals surface area contributed by atoms with E-state index in [1.54, 1.807) is 55.3 Å². The van der Waals surface area contributed by atoms with Crippen LogP contribution in [-0.4, -0.2) is 39.9 Å². The van der Waals surface area contributed by atoms with Gasteiger partial charge in [-0.2, -0.15) is 0 Å². The Hall–Kier alpha value is -2.54. The molecule has 0 unspecified atom stereocenters. The third-order valence-corrected chi connectivity index (χ3v) is 6.94. The molecule has 1 aliphatic carbocycles. The SMILES string of the molecule is COc1ccccc1NS(=O)(=O)c1cc(C(=O)N(C)CC2CCCC2)ccc1C. The van der Waals surface area contributed by atoms with E-state index in [0.717, 1.165) is 12.8 Å². The second-order valence-corrected chi connectivity index (χ2v) is 9.27. The predicted octanol–water partition coefficient (Wildman–Crippen LogP) is 4.07. The van der Waals surface area contributed by atoms with Crippen molar-refractivity contribution in [1.82, 2.24) is 4.90 Å². The molecule has 0 bridgehead atoms. The molecule has 0 aromatic heterocycles. The van der Waals surface area contributed by atoms with Crippen molar-refractivity contribution >= 4 is 21.6 Å². The Balaban J connectivity index is 1.84. The van der Waals surface area contributed by atoms with Crippen LogP contribution in [0.25, 0.3) is 0 Å². The molecule has 0 radical (unpaired) electrons. The number of nitrogens with one attached hydrogen (secondary N) is 1. The number of hydrogen-bond acceptors (Lipinski definition) is 4. The van der Waals surface area contributed by atoms with Crippen molar-refractivity contribution in [2.45, 2.75) is 37.5 Å². The standard InChI is InChI=1S/C22H28N2O4S/c1-16-12-13-18(22(25)24(2)15-17-8-4-5-9-17)14-21(16)29(26,27)23-19-10-6-7-11-20(19)28-3/h6-7,10-14,17,23H,4-5,8-9,15H2,1-3H3. The number of carbonyl (C=O) groups excluding carboxylic acids is 1. The molecule has 1 saturated carbocycles. The van der Waals surface area contributed by atoms with Gasteiger partial charge in [0.15, 0.2) is 0 Å². The molecule has 2 aromatic carbocycles. The predicted molar refractivity (Wildman–Crippen MR) is 114 cm³/mol. The maximum Gasteiger partial charge on any atom is 0.262 e. The summed E-state index contributed by atoms with van der Waals surface area (Å²) in [6.45, 7) is 2.42. The van der Waals surface area contributed by atoms with Gasteiger partial charge < -0.3 is 9.64 Å². The van der Waals surface area contributed by atoms with E-state index in [1.807, 2.05) is 0 Å². The number of amides is 1. The fourth-order valence-corrected chi connectivity index (χ4v) is 5.18. The zero-order chi connectivity index (χ0) is 21.0. The number of benzene rings is 2. The number of aryl methyl sites for hydroxylation is 1. The zero-order valence-corrected chi connectivity index (χ0v) is 18.0. The largest absolute Gasteiger partial charge is 0.495 e. The summed E-state index contributed by atoms with van der Waals surface area (Å²) in [5, 5.41) is 0. The molecule has 7 heteroatoms. The summed E-state index contributed by atoms with van der Waals surface area (Å²) >= 11 is 0. The van der Waals surface area contributed by atoms with Crippen LogP contribution in [0.1, 0.15) is 41.6 Å². The van der Waals surface area contributed by atoms with Crippen LogP contribution in [0, 0.1) is 12.8 Å². The monoisotopic (exact) mass is 416 g/mol. The lowest BCUT2D eigenvalue weighted by Crippen LogP contribution is -2.31. The van der Waals surface area contributed by atoms with Crippen molar-refractivity contribution in [3.05, 3.63) is 53.6 Å². The summed E-state index contributed by atoms with van der Waals surface area (Å²) < 4.78 is 33.8. The lowest BCUT2D eigenvalue weighted by atomic mass is 10.1. The lowest BCUT2D eigenvalue weighted by molar-refractivity contribution is 0.0773. The van der Waals surface area contributed by atoms with E-state index in [4.69, 9.17) is 4.74 Å². The molecule has 6 nitrogen and oxygen atoms in total. The molecule has 0 saturated heterocycles. The van der Waals surface area contributed by atoms with Crippen LogP contribution in [0.3, 0.4) is 0 Å². The third-order valence-electron chi connectivity index (χ3n) is 5.43. The Morgan fingerprint density at radius 1 is 1.17 bits per heavy atom. The summed E-state index contributed by atoms with van der Waals surface area (Å²) in [6, 6.07) is 11.6. The van der Waals surface area contributed by atoms with E-state index in [1.165, 1.54) is 26.0 Å². The molecule has 29 heavy (non-hydrogen) atoms. The van der Waals surface area contributed by atoms with E-state index >= 15 is 0 Å². The van der Waals surface area contributed by atoms with Crippen molar-refractivity contribution in [3.63, 3.8) is 0 Å². The summed E-state index contributed by atoms with van der Waals surface area (Å²) in [5.41, 5.74) is 1.29. The highest BCUT2D eigenvalue weighted by molar-refractivity contribution is 7.92. The minimum Gasteiger partial charge on any atom is -0.495 e. The first-order valence-electron chi connectivity index (χ1n) is 9.84. The quantitative estimate of drug-likeness (QED) is 0.738. The number of carbonyl (C=O) groups is 1. The molecule has 1 amide bonds. The van der Waals surface area contributed by atoms with E-state index in [-0.39, 0.29) is 10.8 Å². The molecule has 0 aliphatic heterocycles. The van der Waals surface area contributed by atoms with Crippen LogP contribution in [0.2, 0.25) is 0 Å². The van der Waals surface area contributed by atoms with Crippen LogP contribution in [0.4, 0.5) is 5.69 Å². The highest BCUT2D eigenvalue weighted by atomic mass is 32.2. The average Bonchev–Trinajstić information content (AvgIpc) is 3.20. The van der Waals surface area contributed by atoms with Crippen LogP contribution in [-0.2, 0) is 10.0 Å². The van der Waals surface area contributed by atoms with Gasteiger partial charge >= 0.3 is 0 Å². The van der Waals surface area contributed by atoms with Crippen LogP contribution < -0.4 is 9.46 Å². The molecule has 1 N–H and O–H groups in total. The topological polar surface area (TPSA) is 75.7 Å². The summed E-state index contributed by atoms with van der Waals surface area (Å²) in [7, 11) is -0.618. The molecule has 1 fully saturated rings. The molecule has 0 spiro atoms. The van der Waals surface area contributed by atoms with Crippen LogP contribution in [0.5, 0.6) is 5.75 Å². The Bertz CT molecular complexity index is 982. The number of nitrogens with zero attached hydrogens (tertiary/aromatic N) is 1. The molecule has 3 rings (SSSR count). The van der Waals surface area contributed by atoms with Crippen molar-refractivity contribution in [1.29, 1.82) is 0 Å². The van der Waals surface area contributed by atoms with Gasteiger partial charge in [-0.1, -0.05) is 31.0 Å². The summed E-state index contributed by atoms with van der Waals surface area (Å²) in [5.74, 6) is 0.799. The Labute approximate surface area is 172 Å². The highest BCUT2D eigenvalue weighted by Gasteiger charge is 2.24. The second kappa shape index (κ2) is 8.86. The van der Waals surface area contributed by atoms with Gasteiger partial charge in [0.2, 0.25) is 0 Å². The molecule has 156 valence electrons. The lowest BCUT2D eigenvalue weighted by Gasteiger charge is -2.22. The zero-order valence-electron chi connectivity index (χ0n) is 17.1. The highest BCUT2D eigenvalue weighted by Crippen LogP contribution is 2.28. The van der Waals surface area contributed by atoms with Crippen molar-refractivity contribution in [2.24, 2.45) is 5.92 Å². The Morgan fingerprint density at radius 2 is 1.86 bits per heavy atom. The summed E-state index contributed by atoms with van der Waals surface area (Å²) in [4.78, 5) is 14.7. The maximum atomic E-state index is 13.0. The molecule has 1 aliphatic rings. The number of para-hydroxylation sites is 2. The van der Waals surface area contributed by atoms with Crippen LogP contribution in [0.15, 0.2) is 47.4 Å². The molecular formula is C22H28N2O4S. The van der Waals surface area contributed by atoms with Gasteiger partial charge in [0.1, 0.15) is 5.75 Å². The molecule has 0 heterocycles. The van der Waals surface area contributed by atoms with Gasteiger partial charge in [-0.15, -0.1) is 0 Å². The number of anilines is 1. The minimum absolute atomic E-state index is 0.0866. The number of sulfonamides is 1. The van der Waals surface area contributed by atoms with Crippen molar-refractivity contribution < 1.29 is 17.9 Å². The fraction of sp³-hybridized carbons (Fsp3) is 0.409. The van der Waals surface area contributed by atoms with Crippen LogP contribution >= 0.6 is 0 Å². The minimum atomic E-state index is -3.88. The van der Waals surface area contributed by atoms with Gasteiger partial charge in [0.05, 0.1) is 17.7 Å². The number of rotatable bonds is 7. The van der Waals surface area contributed by atoms with Crippen molar-refractivity contribution in [3.8, 4) is 5.75 Å². The first kappa shape index (κ1) is 21.2. The normalized spacial score (nSPS) is 14.6. The molecule has 0 atom stereocenters. The van der Waals surface area contributed by atoms with E-state index in [0.29, 0.717) is 35.0 Å². The average molecular weight is 417 g/mol. The van der Waals surface area contributed by atoms with Gasteiger partial charge in [-0.25, -0.2) is 8.42 Å². The van der Waals surface area contributed by atoms with Crippen molar-refractivity contribution in [2.75, 3.05) is 25.4 Å². The molecule has 2 aromatic rings. The van der Waals surface area contributed by atoms with Gasteiger partial charge in [0.25, 0.3) is 15.9 Å². The molecular weight excluding hydrogens is 388 g/mol. The smallest absolute Gasteiger partial charge is 0.262 e. The number of methoxy groups -OCH3 is 1. The third kappa shape index (κ3) is 4.90. The van der Waals surface area contributed by atoms with Gasteiger partial charge in [-0.3, -0.25) is 9.52 Å². The first-order chi connectivity index (χ1) is 13.8. The first-order valence-corrected chi connectivity index (χ1v) is 11.3. The Morgan fingerprint density at radius 3 is 2.55 bits per heavy atom. The van der Waals surface area contributed by atoms with E-state index in [2.05, 4.69) is 4.72 Å². The van der Waals surface area contributed by atoms with E-state index < -0.39 is 10.0 Å². The number of hydrogen-bond donors (Lipinski definition) is 1. The second-order valence-electron chi connectivity index (χ2n) is 7.62. The van der Waals surface area contributed by atoms with Gasteiger partial charge in [0, 0.05) is 19.2 Å². The Kier molecular flexibility index (Phi) is 6.47. The fourth-order valence-electron chi connectivity index (χ4n) is 3.83. The number of ether oxygens (including phenoxy) is 1. The van der Waals surface area contributed by atoms with E-state index in [9.17, 15) is 13.2 Å². The summed E-state index contributed by atoms with van der Waals surface area (Å²) in [6.07, 6.45) is 4.73. The maximum absolute atomic E-state index is 13.0. The van der Waals surface area contributed by atoms with Gasteiger partial charge in [-0.05, 0) is 55.5 Å².